The summed E-state index contributed by atoms with van der Waals surface area (Å²) in [5.41, 5.74) is 9.08. The number of benzene rings is 1. The van der Waals surface area contributed by atoms with Crippen molar-refractivity contribution in [3.8, 4) is 0 Å². The van der Waals surface area contributed by atoms with Crippen LogP contribution in [0.1, 0.15) is 29.8 Å². The molecule has 0 saturated heterocycles. The van der Waals surface area contributed by atoms with Crippen LogP contribution in [0.3, 0.4) is 0 Å². The van der Waals surface area contributed by atoms with Crippen LogP contribution in [0.4, 0.5) is 0 Å². The topological polar surface area (TPSA) is 56.7 Å². The monoisotopic (exact) mass is 216 g/mol. The first kappa shape index (κ1) is 10.8. The molecule has 16 heavy (non-hydrogen) atoms. The van der Waals surface area contributed by atoms with Gasteiger partial charge in [-0.1, -0.05) is 29.5 Å². The SMILES string of the molecule is Cc1ccccc1Cn1cc(C(C)N)nn1. The number of nitrogens with zero attached hydrogens (tertiary/aromatic N) is 3. The van der Waals surface area contributed by atoms with Crippen LogP contribution < -0.4 is 5.73 Å². The highest BCUT2D eigenvalue weighted by Crippen LogP contribution is 2.10. The van der Waals surface area contributed by atoms with Crippen LogP contribution in [0.5, 0.6) is 0 Å². The first-order valence-electron chi connectivity index (χ1n) is 5.37. The van der Waals surface area contributed by atoms with Gasteiger partial charge in [-0.15, -0.1) is 5.10 Å². The van der Waals surface area contributed by atoms with E-state index in [0.717, 1.165) is 12.2 Å². The summed E-state index contributed by atoms with van der Waals surface area (Å²) < 4.78 is 1.82. The van der Waals surface area contributed by atoms with Gasteiger partial charge >= 0.3 is 0 Å². The molecule has 0 spiro atoms. The minimum absolute atomic E-state index is 0.0642. The Bertz CT molecular complexity index is 473. The van der Waals surface area contributed by atoms with Crippen LogP contribution in [0, 0.1) is 6.92 Å². The number of nitrogens with two attached hydrogens (primary N) is 1. The van der Waals surface area contributed by atoms with Gasteiger partial charge in [0.05, 0.1) is 18.4 Å². The van der Waals surface area contributed by atoms with Crippen molar-refractivity contribution in [2.24, 2.45) is 5.73 Å². The maximum atomic E-state index is 5.73. The van der Waals surface area contributed by atoms with Crippen molar-refractivity contribution in [1.82, 2.24) is 15.0 Å². The number of aromatic nitrogens is 3. The van der Waals surface area contributed by atoms with E-state index in [1.807, 2.05) is 29.9 Å². The molecule has 0 aliphatic carbocycles. The zero-order chi connectivity index (χ0) is 11.5. The molecule has 4 heteroatoms. The van der Waals surface area contributed by atoms with Crippen LogP contribution in [-0.2, 0) is 6.54 Å². The second-order valence-electron chi connectivity index (χ2n) is 4.06. The van der Waals surface area contributed by atoms with Crippen molar-refractivity contribution in [2.75, 3.05) is 0 Å². The van der Waals surface area contributed by atoms with E-state index in [4.69, 9.17) is 5.73 Å². The second-order valence-corrected chi connectivity index (χ2v) is 4.06. The lowest BCUT2D eigenvalue weighted by atomic mass is 10.1. The molecule has 2 N–H and O–H groups in total. The number of hydrogen-bond acceptors (Lipinski definition) is 3. The third kappa shape index (κ3) is 2.28. The molecule has 0 saturated carbocycles. The molecular formula is C12H16N4. The lowest BCUT2D eigenvalue weighted by molar-refractivity contribution is 0.646. The lowest BCUT2D eigenvalue weighted by Gasteiger charge is -2.04. The lowest BCUT2D eigenvalue weighted by Crippen LogP contribution is -2.05. The molecule has 1 aromatic carbocycles. The zero-order valence-corrected chi connectivity index (χ0v) is 9.59. The van der Waals surface area contributed by atoms with E-state index in [2.05, 4.69) is 29.4 Å². The van der Waals surface area contributed by atoms with Crippen molar-refractivity contribution in [3.05, 3.63) is 47.3 Å². The minimum Gasteiger partial charge on any atom is -0.323 e. The summed E-state index contributed by atoms with van der Waals surface area (Å²) in [7, 11) is 0. The summed E-state index contributed by atoms with van der Waals surface area (Å²) in [5.74, 6) is 0. The predicted molar refractivity (Wildman–Crippen MR) is 62.9 cm³/mol. The highest BCUT2D eigenvalue weighted by atomic mass is 15.4. The fraction of sp³-hybridized carbons (Fsp3) is 0.333. The van der Waals surface area contributed by atoms with Gasteiger partial charge in [0.1, 0.15) is 0 Å². The normalized spacial score (nSPS) is 12.7. The van der Waals surface area contributed by atoms with Crippen LogP contribution in [0.25, 0.3) is 0 Å². The van der Waals surface area contributed by atoms with Gasteiger partial charge in [0.2, 0.25) is 0 Å². The van der Waals surface area contributed by atoms with E-state index in [1.165, 1.54) is 11.1 Å². The van der Waals surface area contributed by atoms with E-state index in [0.29, 0.717) is 0 Å². The van der Waals surface area contributed by atoms with E-state index < -0.39 is 0 Å². The van der Waals surface area contributed by atoms with Gasteiger partial charge in [-0.05, 0) is 25.0 Å². The minimum atomic E-state index is -0.0642. The van der Waals surface area contributed by atoms with Gasteiger partial charge in [-0.3, -0.25) is 0 Å². The van der Waals surface area contributed by atoms with E-state index >= 15 is 0 Å². The van der Waals surface area contributed by atoms with Gasteiger partial charge < -0.3 is 5.73 Å². The summed E-state index contributed by atoms with van der Waals surface area (Å²) in [4.78, 5) is 0. The standard InChI is InChI=1S/C12H16N4/c1-9-5-3-4-6-11(9)7-16-8-12(10(2)13)14-15-16/h3-6,8,10H,7,13H2,1-2H3. The first-order chi connectivity index (χ1) is 7.66. The molecule has 0 aliphatic rings. The molecule has 0 aliphatic heterocycles. The average Bonchev–Trinajstić information content (AvgIpc) is 2.70. The maximum absolute atomic E-state index is 5.73. The summed E-state index contributed by atoms with van der Waals surface area (Å²) in [6.45, 7) is 4.74. The largest absolute Gasteiger partial charge is 0.323 e. The molecular weight excluding hydrogens is 200 g/mol. The van der Waals surface area contributed by atoms with E-state index in [9.17, 15) is 0 Å². The Morgan fingerprint density at radius 1 is 1.38 bits per heavy atom. The Labute approximate surface area is 95.1 Å². The number of rotatable bonds is 3. The van der Waals surface area contributed by atoms with Crippen LogP contribution >= 0.6 is 0 Å². The van der Waals surface area contributed by atoms with Crippen molar-refractivity contribution in [2.45, 2.75) is 26.4 Å². The second kappa shape index (κ2) is 4.45. The van der Waals surface area contributed by atoms with Gasteiger partial charge in [-0.25, -0.2) is 4.68 Å². The van der Waals surface area contributed by atoms with E-state index in [1.54, 1.807) is 0 Å². The average molecular weight is 216 g/mol. The fourth-order valence-electron chi connectivity index (χ4n) is 1.56. The summed E-state index contributed by atoms with van der Waals surface area (Å²) >= 11 is 0. The maximum Gasteiger partial charge on any atom is 0.0991 e. The summed E-state index contributed by atoms with van der Waals surface area (Å²) in [6.07, 6.45) is 1.90. The number of aryl methyl sites for hydroxylation is 1. The highest BCUT2D eigenvalue weighted by Gasteiger charge is 2.06. The predicted octanol–water partition coefficient (Wildman–Crippen LogP) is 1.65. The Hall–Kier alpha value is -1.68. The van der Waals surface area contributed by atoms with Gasteiger partial charge in [-0.2, -0.15) is 0 Å². The molecule has 1 unspecified atom stereocenters. The fourth-order valence-corrected chi connectivity index (χ4v) is 1.56. The first-order valence-corrected chi connectivity index (χ1v) is 5.37. The van der Waals surface area contributed by atoms with Crippen molar-refractivity contribution < 1.29 is 0 Å². The Morgan fingerprint density at radius 3 is 2.75 bits per heavy atom. The summed E-state index contributed by atoms with van der Waals surface area (Å²) in [6, 6.07) is 8.20. The quantitative estimate of drug-likeness (QED) is 0.848. The number of hydrogen-bond donors (Lipinski definition) is 1. The van der Waals surface area contributed by atoms with E-state index in [-0.39, 0.29) is 6.04 Å². The van der Waals surface area contributed by atoms with Crippen molar-refractivity contribution in [3.63, 3.8) is 0 Å². The molecule has 1 aromatic heterocycles. The third-order valence-electron chi connectivity index (χ3n) is 2.62. The third-order valence-corrected chi connectivity index (χ3v) is 2.62. The smallest absolute Gasteiger partial charge is 0.0991 e. The highest BCUT2D eigenvalue weighted by molar-refractivity contribution is 5.25. The Kier molecular flexibility index (Phi) is 3.01. The summed E-state index contributed by atoms with van der Waals surface area (Å²) in [5, 5.41) is 8.09. The molecule has 1 atom stereocenters. The van der Waals surface area contributed by atoms with Gasteiger partial charge in [0, 0.05) is 6.04 Å². The molecule has 0 radical (unpaired) electrons. The Balaban J connectivity index is 2.18. The van der Waals surface area contributed by atoms with Crippen LogP contribution in [0.2, 0.25) is 0 Å². The van der Waals surface area contributed by atoms with Crippen LogP contribution in [-0.4, -0.2) is 15.0 Å². The Morgan fingerprint density at radius 2 is 2.12 bits per heavy atom. The molecule has 4 nitrogen and oxygen atoms in total. The molecule has 2 aromatic rings. The molecule has 84 valence electrons. The molecule has 0 bridgehead atoms. The van der Waals surface area contributed by atoms with Gasteiger partial charge in [0.15, 0.2) is 0 Å². The van der Waals surface area contributed by atoms with Crippen molar-refractivity contribution in [1.29, 1.82) is 0 Å². The molecule has 0 amide bonds. The zero-order valence-electron chi connectivity index (χ0n) is 9.59. The van der Waals surface area contributed by atoms with Crippen LogP contribution in [0.15, 0.2) is 30.5 Å². The molecule has 2 rings (SSSR count). The van der Waals surface area contributed by atoms with Gasteiger partial charge in [0.25, 0.3) is 0 Å². The van der Waals surface area contributed by atoms with Crippen molar-refractivity contribution >= 4 is 0 Å². The molecule has 0 fully saturated rings. The molecule has 1 heterocycles.